The number of rotatable bonds is 4. The second-order valence-corrected chi connectivity index (χ2v) is 3.79. The van der Waals surface area contributed by atoms with Crippen LogP contribution in [0.25, 0.3) is 0 Å². The molecule has 7 nitrogen and oxygen atoms in total. The van der Waals surface area contributed by atoms with Crippen LogP contribution in [0.1, 0.15) is 13.3 Å². The summed E-state index contributed by atoms with van der Waals surface area (Å²) in [5.41, 5.74) is 0. The molecule has 1 unspecified atom stereocenters. The van der Waals surface area contributed by atoms with Crippen molar-refractivity contribution in [3.63, 3.8) is 0 Å². The third kappa shape index (κ3) is 4.59. The minimum Gasteiger partial charge on any atom is -0.330 e. The van der Waals surface area contributed by atoms with Crippen molar-refractivity contribution in [3.8, 4) is 0 Å². The van der Waals surface area contributed by atoms with Gasteiger partial charge in [0.05, 0.1) is 0 Å². The summed E-state index contributed by atoms with van der Waals surface area (Å²) in [5.74, 6) is 0. The molecule has 0 bridgehead atoms. The van der Waals surface area contributed by atoms with Crippen molar-refractivity contribution in [2.75, 3.05) is 0 Å². The molecular formula is C4H11NO6S. The predicted molar refractivity (Wildman–Crippen MR) is 38.2 cm³/mol. The van der Waals surface area contributed by atoms with Crippen molar-refractivity contribution < 1.29 is 28.3 Å². The van der Waals surface area contributed by atoms with E-state index in [2.05, 4.69) is 0 Å². The molecule has 5 N–H and O–H groups in total. The largest absolute Gasteiger partial charge is 0.344 e. The molecule has 74 valence electrons. The Labute approximate surface area is 69.4 Å². The summed E-state index contributed by atoms with van der Waals surface area (Å²) in [7, 11) is -4.44. The Morgan fingerprint density at radius 2 is 1.83 bits per heavy atom. The third-order valence-corrected chi connectivity index (χ3v) is 2.26. The Morgan fingerprint density at radius 1 is 1.42 bits per heavy atom. The van der Waals surface area contributed by atoms with Crippen molar-refractivity contribution in [1.82, 2.24) is 5.32 Å². The smallest absolute Gasteiger partial charge is 0.330 e. The van der Waals surface area contributed by atoms with Gasteiger partial charge in [0.1, 0.15) is 5.37 Å². The number of aliphatic hydroxyl groups is 3. The van der Waals surface area contributed by atoms with E-state index < -0.39 is 21.6 Å². The highest BCUT2D eigenvalue weighted by Gasteiger charge is 2.29. The highest BCUT2D eigenvalue weighted by Crippen LogP contribution is 2.02. The van der Waals surface area contributed by atoms with Gasteiger partial charge >= 0.3 is 6.10 Å². The van der Waals surface area contributed by atoms with E-state index in [1.807, 2.05) is 0 Å². The van der Waals surface area contributed by atoms with Gasteiger partial charge in [-0.15, -0.1) is 0 Å². The molecule has 0 rings (SSSR count). The van der Waals surface area contributed by atoms with Crippen LogP contribution in [0.15, 0.2) is 0 Å². The summed E-state index contributed by atoms with van der Waals surface area (Å²) in [6, 6.07) is 0. The van der Waals surface area contributed by atoms with Gasteiger partial charge in [-0.05, 0) is 6.42 Å². The van der Waals surface area contributed by atoms with Crippen LogP contribution in [0.2, 0.25) is 0 Å². The van der Waals surface area contributed by atoms with E-state index in [-0.39, 0.29) is 6.42 Å². The number of hydrogen-bond acceptors (Lipinski definition) is 6. The summed E-state index contributed by atoms with van der Waals surface area (Å²) < 4.78 is 29.2. The van der Waals surface area contributed by atoms with Crippen molar-refractivity contribution in [2.24, 2.45) is 0 Å². The quantitative estimate of drug-likeness (QED) is 0.258. The molecule has 0 aliphatic carbocycles. The maximum Gasteiger partial charge on any atom is 0.344 e. The van der Waals surface area contributed by atoms with E-state index in [9.17, 15) is 8.42 Å². The molecule has 0 amide bonds. The standard InChI is InChI=1S/C4H11NO6S/c1-2-3(12(9,10)11)5-4(6,7)8/h3,5-8H,2H2,1H3,(H,9,10,11). The van der Waals surface area contributed by atoms with E-state index in [0.717, 1.165) is 0 Å². The van der Waals surface area contributed by atoms with Gasteiger partial charge in [-0.2, -0.15) is 8.42 Å². The Hall–Kier alpha value is -0.250. The maximum atomic E-state index is 10.4. The van der Waals surface area contributed by atoms with E-state index in [0.29, 0.717) is 0 Å². The van der Waals surface area contributed by atoms with Gasteiger partial charge in [0.2, 0.25) is 0 Å². The fraction of sp³-hybridized carbons (Fsp3) is 1.00. The van der Waals surface area contributed by atoms with Crippen LogP contribution in [0.4, 0.5) is 0 Å². The Bertz CT molecular complexity index is 228. The summed E-state index contributed by atoms with van der Waals surface area (Å²) >= 11 is 0. The normalized spacial score (nSPS) is 16.1. The second kappa shape index (κ2) is 3.64. The Balaban J connectivity index is 4.41. The van der Waals surface area contributed by atoms with Gasteiger partial charge in [0.15, 0.2) is 0 Å². The molecule has 12 heavy (non-hydrogen) atoms. The molecule has 0 fully saturated rings. The number of nitrogens with one attached hydrogen (secondary N) is 1. The van der Waals surface area contributed by atoms with Crippen LogP contribution in [-0.2, 0) is 10.1 Å². The van der Waals surface area contributed by atoms with E-state index in [1.54, 1.807) is 0 Å². The minimum atomic E-state index is -4.44. The fourth-order valence-corrected chi connectivity index (χ4v) is 1.33. The molecule has 0 saturated carbocycles. The lowest BCUT2D eigenvalue weighted by molar-refractivity contribution is -0.332. The molecule has 0 aliphatic rings. The summed E-state index contributed by atoms with van der Waals surface area (Å²) in [6.45, 7) is 1.37. The first-order valence-corrected chi connectivity index (χ1v) is 4.58. The molecule has 8 heteroatoms. The summed E-state index contributed by atoms with van der Waals surface area (Å²) in [5, 5.41) is 24.8. The molecule has 0 aromatic heterocycles. The SMILES string of the molecule is CCC(NC(O)(O)O)S(=O)(=O)O. The molecule has 0 aromatic rings. The van der Waals surface area contributed by atoms with Crippen LogP contribution < -0.4 is 5.32 Å². The van der Waals surface area contributed by atoms with E-state index in [1.165, 1.54) is 12.2 Å². The monoisotopic (exact) mass is 201 g/mol. The van der Waals surface area contributed by atoms with Gasteiger partial charge in [0, 0.05) is 0 Å². The Kier molecular flexibility index (Phi) is 3.57. The van der Waals surface area contributed by atoms with E-state index >= 15 is 0 Å². The highest BCUT2D eigenvalue weighted by atomic mass is 32.2. The first kappa shape index (κ1) is 11.8. The molecule has 0 saturated heterocycles. The van der Waals surface area contributed by atoms with Crippen LogP contribution in [-0.4, -0.2) is 39.8 Å². The second-order valence-electron chi connectivity index (χ2n) is 2.19. The molecule has 0 aliphatic heterocycles. The van der Waals surface area contributed by atoms with Crippen molar-refractivity contribution in [3.05, 3.63) is 0 Å². The first-order valence-electron chi connectivity index (χ1n) is 3.08. The lowest BCUT2D eigenvalue weighted by atomic mass is 10.5. The fourth-order valence-electron chi connectivity index (χ4n) is 0.603. The summed E-state index contributed by atoms with van der Waals surface area (Å²) in [6.07, 6.45) is -3.43. The summed E-state index contributed by atoms with van der Waals surface area (Å²) in [4.78, 5) is 0. The molecule has 0 radical (unpaired) electrons. The van der Waals surface area contributed by atoms with Crippen LogP contribution >= 0.6 is 0 Å². The minimum absolute atomic E-state index is 0.123. The number of hydrogen-bond donors (Lipinski definition) is 5. The van der Waals surface area contributed by atoms with Crippen LogP contribution in [0.5, 0.6) is 0 Å². The van der Waals surface area contributed by atoms with Crippen molar-refractivity contribution in [1.29, 1.82) is 0 Å². The molecule has 0 aromatic carbocycles. The van der Waals surface area contributed by atoms with Gasteiger partial charge in [-0.3, -0.25) is 4.55 Å². The highest BCUT2D eigenvalue weighted by molar-refractivity contribution is 7.86. The average Bonchev–Trinajstić information content (AvgIpc) is 1.78. The zero-order valence-corrected chi connectivity index (χ0v) is 7.11. The molecular weight excluding hydrogens is 190 g/mol. The Morgan fingerprint density at radius 3 is 1.92 bits per heavy atom. The van der Waals surface area contributed by atoms with Crippen molar-refractivity contribution in [2.45, 2.75) is 24.8 Å². The molecule has 0 heterocycles. The zero-order valence-electron chi connectivity index (χ0n) is 6.30. The lowest BCUT2D eigenvalue weighted by Crippen LogP contribution is -2.52. The van der Waals surface area contributed by atoms with Gasteiger partial charge in [-0.1, -0.05) is 6.92 Å². The first-order chi connectivity index (χ1) is 5.17. The lowest BCUT2D eigenvalue weighted by Gasteiger charge is -2.20. The topological polar surface area (TPSA) is 127 Å². The van der Waals surface area contributed by atoms with Crippen molar-refractivity contribution >= 4 is 10.1 Å². The molecule has 1 atom stereocenters. The maximum absolute atomic E-state index is 10.4. The van der Waals surface area contributed by atoms with E-state index in [4.69, 9.17) is 19.9 Å². The average molecular weight is 201 g/mol. The predicted octanol–water partition coefficient (Wildman–Crippen LogP) is -2.21. The van der Waals surface area contributed by atoms with Crippen LogP contribution in [0, 0.1) is 0 Å². The van der Waals surface area contributed by atoms with Crippen LogP contribution in [0.3, 0.4) is 0 Å². The zero-order chi connectivity index (χ0) is 9.99. The van der Waals surface area contributed by atoms with Gasteiger partial charge in [0.25, 0.3) is 10.1 Å². The molecule has 0 spiro atoms. The van der Waals surface area contributed by atoms with Gasteiger partial charge < -0.3 is 15.3 Å². The third-order valence-electron chi connectivity index (χ3n) is 1.08. The van der Waals surface area contributed by atoms with Gasteiger partial charge in [-0.25, -0.2) is 5.32 Å².